The summed E-state index contributed by atoms with van der Waals surface area (Å²) in [5, 5.41) is 12.1. The Kier molecular flexibility index (Phi) is 4.46. The zero-order valence-corrected chi connectivity index (χ0v) is 15.9. The molecule has 0 radical (unpaired) electrons. The second-order valence-corrected chi connectivity index (χ2v) is 7.14. The van der Waals surface area contributed by atoms with Crippen molar-refractivity contribution in [2.45, 2.75) is 25.5 Å². The Labute approximate surface area is 166 Å². The molecule has 1 atom stereocenters. The number of ether oxygens (including phenoxy) is 1. The number of hydrogen-bond acceptors (Lipinski definition) is 5. The Hall–Kier alpha value is -2.90. The van der Waals surface area contributed by atoms with E-state index in [-0.39, 0.29) is 11.5 Å². The van der Waals surface area contributed by atoms with Crippen molar-refractivity contribution in [3.05, 3.63) is 60.3 Å². The van der Waals surface area contributed by atoms with Crippen LogP contribution in [0.3, 0.4) is 0 Å². The molecule has 4 heterocycles. The SMILES string of the molecule is Clc1nc(Nc2ccc(-c3cnn(C4CCCCO4)c3)cc2)c2cccn2n1. The standard InChI is InChI=1S/C20H19ClN6O/c21-20-24-19(17-4-3-10-26(17)25-20)23-16-8-6-14(7-9-16)15-12-22-27(13-15)18-5-1-2-11-28-18/h3-4,6-10,12-13,18H,1-2,5,11H2,(H,23,24,25). The van der Waals surface area contributed by atoms with Crippen LogP contribution in [0, 0.1) is 0 Å². The minimum absolute atomic E-state index is 0.0513. The van der Waals surface area contributed by atoms with Crippen LogP contribution in [0.2, 0.25) is 5.28 Å². The number of benzene rings is 1. The fourth-order valence-corrected chi connectivity index (χ4v) is 3.63. The third kappa shape index (κ3) is 3.34. The van der Waals surface area contributed by atoms with Gasteiger partial charge >= 0.3 is 0 Å². The Morgan fingerprint density at radius 2 is 2.00 bits per heavy atom. The number of halogens is 1. The molecular weight excluding hydrogens is 376 g/mol. The lowest BCUT2D eigenvalue weighted by molar-refractivity contribution is -0.0394. The van der Waals surface area contributed by atoms with E-state index in [0.717, 1.165) is 41.8 Å². The molecule has 0 saturated carbocycles. The van der Waals surface area contributed by atoms with Crippen LogP contribution in [-0.4, -0.2) is 31.0 Å². The molecule has 1 aliphatic rings. The van der Waals surface area contributed by atoms with Gasteiger partial charge in [-0.25, -0.2) is 9.20 Å². The van der Waals surface area contributed by atoms with Crippen molar-refractivity contribution in [2.24, 2.45) is 0 Å². The normalized spacial score (nSPS) is 17.1. The number of nitrogens with zero attached hydrogens (tertiary/aromatic N) is 5. The summed E-state index contributed by atoms with van der Waals surface area (Å²) in [7, 11) is 0. The van der Waals surface area contributed by atoms with Gasteiger partial charge in [0.05, 0.1) is 6.20 Å². The Balaban J connectivity index is 1.36. The van der Waals surface area contributed by atoms with Crippen molar-refractivity contribution in [3.63, 3.8) is 0 Å². The maximum Gasteiger partial charge on any atom is 0.243 e. The van der Waals surface area contributed by atoms with E-state index in [1.54, 1.807) is 4.52 Å². The smallest absolute Gasteiger partial charge is 0.243 e. The molecule has 0 amide bonds. The summed E-state index contributed by atoms with van der Waals surface area (Å²) in [6.07, 6.45) is 9.15. The van der Waals surface area contributed by atoms with Gasteiger partial charge in [0.25, 0.3) is 0 Å². The zero-order valence-electron chi connectivity index (χ0n) is 15.1. The molecule has 1 fully saturated rings. The lowest BCUT2D eigenvalue weighted by Crippen LogP contribution is -2.18. The summed E-state index contributed by atoms with van der Waals surface area (Å²) in [6.45, 7) is 0.808. The minimum atomic E-state index is 0.0513. The summed E-state index contributed by atoms with van der Waals surface area (Å²) in [6, 6.07) is 12.0. The van der Waals surface area contributed by atoms with Crippen LogP contribution in [0.4, 0.5) is 11.5 Å². The quantitative estimate of drug-likeness (QED) is 0.543. The predicted octanol–water partition coefficient (Wildman–Crippen LogP) is 4.69. The van der Waals surface area contributed by atoms with Crippen LogP contribution in [-0.2, 0) is 4.74 Å². The predicted molar refractivity (Wildman–Crippen MR) is 108 cm³/mol. The highest BCUT2D eigenvalue weighted by Gasteiger charge is 2.16. The third-order valence-electron chi connectivity index (χ3n) is 4.90. The second-order valence-electron chi connectivity index (χ2n) is 6.80. The van der Waals surface area contributed by atoms with E-state index in [9.17, 15) is 0 Å². The molecular formula is C20H19ClN6O. The summed E-state index contributed by atoms with van der Waals surface area (Å²) in [4.78, 5) is 4.30. The van der Waals surface area contributed by atoms with Gasteiger partial charge in [0.1, 0.15) is 11.7 Å². The first-order valence-corrected chi connectivity index (χ1v) is 9.68. The molecule has 3 aromatic heterocycles. The number of anilines is 2. The van der Waals surface area contributed by atoms with Crippen molar-refractivity contribution in [2.75, 3.05) is 11.9 Å². The number of hydrogen-bond donors (Lipinski definition) is 1. The van der Waals surface area contributed by atoms with Crippen LogP contribution >= 0.6 is 11.6 Å². The van der Waals surface area contributed by atoms with E-state index in [1.807, 2.05) is 47.5 Å². The molecule has 5 rings (SSSR count). The highest BCUT2D eigenvalue weighted by molar-refractivity contribution is 6.28. The van der Waals surface area contributed by atoms with Crippen molar-refractivity contribution >= 4 is 28.6 Å². The molecule has 28 heavy (non-hydrogen) atoms. The van der Waals surface area contributed by atoms with Crippen molar-refractivity contribution in [1.82, 2.24) is 24.4 Å². The van der Waals surface area contributed by atoms with Gasteiger partial charge in [0.2, 0.25) is 5.28 Å². The van der Waals surface area contributed by atoms with Gasteiger partial charge < -0.3 is 10.1 Å². The fraction of sp³-hybridized carbons (Fsp3) is 0.250. The Bertz CT molecular complexity index is 1100. The molecule has 0 bridgehead atoms. The number of nitrogens with one attached hydrogen (secondary N) is 1. The molecule has 1 aromatic carbocycles. The zero-order chi connectivity index (χ0) is 18.9. The van der Waals surface area contributed by atoms with Crippen molar-refractivity contribution in [1.29, 1.82) is 0 Å². The topological polar surface area (TPSA) is 69.3 Å². The number of aromatic nitrogens is 5. The van der Waals surface area contributed by atoms with Gasteiger partial charge in [-0.15, -0.1) is 5.10 Å². The first kappa shape index (κ1) is 17.2. The first-order valence-electron chi connectivity index (χ1n) is 9.30. The van der Waals surface area contributed by atoms with Gasteiger partial charge in [0, 0.05) is 30.3 Å². The van der Waals surface area contributed by atoms with E-state index in [4.69, 9.17) is 16.3 Å². The van der Waals surface area contributed by atoms with E-state index in [2.05, 4.69) is 32.6 Å². The summed E-state index contributed by atoms with van der Waals surface area (Å²) >= 11 is 6.02. The highest BCUT2D eigenvalue weighted by atomic mass is 35.5. The molecule has 0 aliphatic carbocycles. The van der Waals surface area contributed by atoms with Gasteiger partial charge in [-0.3, -0.25) is 0 Å². The summed E-state index contributed by atoms with van der Waals surface area (Å²) in [5.41, 5.74) is 3.95. The van der Waals surface area contributed by atoms with E-state index in [1.165, 1.54) is 6.42 Å². The summed E-state index contributed by atoms with van der Waals surface area (Å²) in [5.74, 6) is 0.667. The number of rotatable bonds is 4. The Morgan fingerprint density at radius 1 is 1.11 bits per heavy atom. The minimum Gasteiger partial charge on any atom is -0.357 e. The van der Waals surface area contributed by atoms with Gasteiger partial charge in [0.15, 0.2) is 5.82 Å². The van der Waals surface area contributed by atoms with Crippen LogP contribution in [0.1, 0.15) is 25.5 Å². The molecule has 1 saturated heterocycles. The molecule has 0 spiro atoms. The van der Waals surface area contributed by atoms with Gasteiger partial charge in [-0.1, -0.05) is 12.1 Å². The average Bonchev–Trinajstić information content (AvgIpc) is 3.39. The third-order valence-corrected chi connectivity index (χ3v) is 5.06. The largest absolute Gasteiger partial charge is 0.357 e. The highest BCUT2D eigenvalue weighted by Crippen LogP contribution is 2.27. The Morgan fingerprint density at radius 3 is 2.82 bits per heavy atom. The van der Waals surface area contributed by atoms with E-state index >= 15 is 0 Å². The van der Waals surface area contributed by atoms with Crippen molar-refractivity contribution in [3.8, 4) is 11.1 Å². The van der Waals surface area contributed by atoms with E-state index < -0.39 is 0 Å². The summed E-state index contributed by atoms with van der Waals surface area (Å²) < 4.78 is 9.43. The molecule has 4 aromatic rings. The molecule has 1 N–H and O–H groups in total. The average molecular weight is 395 g/mol. The number of fused-ring (bicyclic) bond motifs is 1. The lowest BCUT2D eigenvalue weighted by atomic mass is 10.1. The van der Waals surface area contributed by atoms with Gasteiger partial charge in [-0.2, -0.15) is 10.1 Å². The molecule has 1 aliphatic heterocycles. The molecule has 8 heteroatoms. The second kappa shape index (κ2) is 7.26. The molecule has 7 nitrogen and oxygen atoms in total. The van der Waals surface area contributed by atoms with Crippen LogP contribution in [0.5, 0.6) is 0 Å². The molecule has 142 valence electrons. The lowest BCUT2D eigenvalue weighted by Gasteiger charge is -2.22. The molecule has 1 unspecified atom stereocenters. The van der Waals surface area contributed by atoms with Crippen LogP contribution in [0.25, 0.3) is 16.6 Å². The fourth-order valence-electron chi connectivity index (χ4n) is 3.46. The van der Waals surface area contributed by atoms with Gasteiger partial charge in [-0.05, 0) is 60.7 Å². The maximum absolute atomic E-state index is 6.02. The van der Waals surface area contributed by atoms with Crippen LogP contribution in [0.15, 0.2) is 55.0 Å². The monoisotopic (exact) mass is 394 g/mol. The van der Waals surface area contributed by atoms with Crippen LogP contribution < -0.4 is 5.32 Å². The maximum atomic E-state index is 6.02. The van der Waals surface area contributed by atoms with E-state index in [0.29, 0.717) is 5.82 Å². The van der Waals surface area contributed by atoms with Crippen molar-refractivity contribution < 1.29 is 4.74 Å². The first-order chi connectivity index (χ1) is 13.8.